The Morgan fingerprint density at radius 1 is 1.43 bits per heavy atom. The monoisotopic (exact) mass is 288 g/mol. The van der Waals surface area contributed by atoms with E-state index in [9.17, 15) is 9.59 Å². The van der Waals surface area contributed by atoms with Gasteiger partial charge in [-0.25, -0.2) is 0 Å². The summed E-state index contributed by atoms with van der Waals surface area (Å²) in [6.45, 7) is 3.30. The summed E-state index contributed by atoms with van der Waals surface area (Å²) in [4.78, 5) is 26.1. The Bertz CT molecular complexity index is 585. The minimum absolute atomic E-state index is 0.0184. The molecule has 0 saturated carbocycles. The van der Waals surface area contributed by atoms with E-state index < -0.39 is 0 Å². The van der Waals surface area contributed by atoms with E-state index in [4.69, 9.17) is 4.74 Å². The molecule has 5 heteroatoms. The van der Waals surface area contributed by atoms with Gasteiger partial charge in [0.15, 0.2) is 0 Å². The summed E-state index contributed by atoms with van der Waals surface area (Å²) in [5.41, 5.74) is 2.42. The third-order valence-corrected chi connectivity index (χ3v) is 4.38. The van der Waals surface area contributed by atoms with Gasteiger partial charge in [0.1, 0.15) is 0 Å². The second-order valence-corrected chi connectivity index (χ2v) is 5.81. The average molecular weight is 288 g/mol. The van der Waals surface area contributed by atoms with E-state index in [1.165, 1.54) is 0 Å². The van der Waals surface area contributed by atoms with Crippen molar-refractivity contribution in [1.82, 2.24) is 4.90 Å². The highest BCUT2D eigenvalue weighted by Gasteiger charge is 2.31. The van der Waals surface area contributed by atoms with E-state index in [2.05, 4.69) is 5.32 Å². The molecule has 0 aliphatic carbocycles. The predicted molar refractivity (Wildman–Crippen MR) is 79.3 cm³/mol. The minimum atomic E-state index is -0.112. The van der Waals surface area contributed by atoms with E-state index in [1.54, 1.807) is 18.0 Å². The van der Waals surface area contributed by atoms with E-state index in [0.29, 0.717) is 17.9 Å². The van der Waals surface area contributed by atoms with Crippen LogP contribution in [0.4, 0.5) is 5.69 Å². The summed E-state index contributed by atoms with van der Waals surface area (Å²) in [6, 6.07) is 5.59. The van der Waals surface area contributed by atoms with Gasteiger partial charge in [-0.1, -0.05) is 6.07 Å². The Hall–Kier alpha value is -1.88. The van der Waals surface area contributed by atoms with Gasteiger partial charge < -0.3 is 15.0 Å². The topological polar surface area (TPSA) is 58.6 Å². The van der Waals surface area contributed by atoms with Crippen LogP contribution < -0.4 is 5.32 Å². The van der Waals surface area contributed by atoms with Gasteiger partial charge in [0.25, 0.3) is 5.91 Å². The van der Waals surface area contributed by atoms with Crippen molar-refractivity contribution in [2.24, 2.45) is 5.92 Å². The molecule has 1 aromatic carbocycles. The predicted octanol–water partition coefficient (Wildman–Crippen LogP) is 1.68. The largest absolute Gasteiger partial charge is 0.378 e. The van der Waals surface area contributed by atoms with Gasteiger partial charge in [0.05, 0.1) is 12.0 Å². The van der Waals surface area contributed by atoms with Gasteiger partial charge in [-0.2, -0.15) is 0 Å². The second-order valence-electron chi connectivity index (χ2n) is 5.81. The van der Waals surface area contributed by atoms with Crippen molar-refractivity contribution < 1.29 is 14.3 Å². The number of carbonyl (C=O) groups excluding carboxylic acids is 2. The average Bonchev–Trinajstić information content (AvgIpc) is 2.90. The number of rotatable bonds is 2. The highest BCUT2D eigenvalue weighted by Crippen LogP contribution is 2.25. The van der Waals surface area contributed by atoms with Crippen LogP contribution in [-0.4, -0.2) is 43.0 Å². The van der Waals surface area contributed by atoms with Crippen molar-refractivity contribution in [3.63, 3.8) is 0 Å². The highest BCUT2D eigenvalue weighted by atomic mass is 16.5. The smallest absolute Gasteiger partial charge is 0.253 e. The van der Waals surface area contributed by atoms with Crippen molar-refractivity contribution in [3.05, 3.63) is 29.3 Å². The number of hydrogen-bond donors (Lipinski definition) is 1. The zero-order chi connectivity index (χ0) is 15.0. The van der Waals surface area contributed by atoms with Gasteiger partial charge in [-0.3, -0.25) is 9.59 Å². The van der Waals surface area contributed by atoms with Gasteiger partial charge in [0, 0.05) is 31.5 Å². The Morgan fingerprint density at radius 3 is 2.95 bits per heavy atom. The van der Waals surface area contributed by atoms with E-state index in [1.807, 2.05) is 19.1 Å². The fraction of sp³-hybridized carbons (Fsp3) is 0.500. The van der Waals surface area contributed by atoms with Crippen molar-refractivity contribution in [3.8, 4) is 0 Å². The molecule has 0 spiro atoms. The third kappa shape index (κ3) is 2.65. The zero-order valence-electron chi connectivity index (χ0n) is 12.4. The summed E-state index contributed by atoms with van der Waals surface area (Å²) in [5.74, 6) is -0.124. The van der Waals surface area contributed by atoms with Crippen molar-refractivity contribution in [1.29, 1.82) is 0 Å². The first-order chi connectivity index (χ1) is 10.1. The van der Waals surface area contributed by atoms with Gasteiger partial charge in [-0.15, -0.1) is 0 Å². The van der Waals surface area contributed by atoms with Crippen LogP contribution in [-0.2, 0) is 16.0 Å². The minimum Gasteiger partial charge on any atom is -0.378 e. The number of carbonyl (C=O) groups is 2. The molecule has 2 aliphatic rings. The van der Waals surface area contributed by atoms with Crippen LogP contribution in [0.2, 0.25) is 0 Å². The number of hydrogen-bond acceptors (Lipinski definition) is 3. The van der Waals surface area contributed by atoms with E-state index in [-0.39, 0.29) is 23.8 Å². The highest BCUT2D eigenvalue weighted by molar-refractivity contribution is 5.99. The molecule has 3 rings (SSSR count). The molecule has 0 aromatic heterocycles. The van der Waals surface area contributed by atoms with Crippen LogP contribution in [0.1, 0.15) is 29.3 Å². The van der Waals surface area contributed by atoms with Gasteiger partial charge >= 0.3 is 0 Å². The Balaban J connectivity index is 1.78. The Morgan fingerprint density at radius 2 is 2.24 bits per heavy atom. The Labute approximate surface area is 124 Å². The lowest BCUT2D eigenvalue weighted by molar-refractivity contribution is -0.121. The molecular weight excluding hydrogens is 268 g/mol. The molecule has 1 aromatic rings. The van der Waals surface area contributed by atoms with Gasteiger partial charge in [-0.05, 0) is 37.5 Å². The number of anilines is 1. The molecule has 112 valence electrons. The number of nitrogens with one attached hydrogen (secondary N) is 1. The molecule has 1 saturated heterocycles. The van der Waals surface area contributed by atoms with Crippen molar-refractivity contribution >= 4 is 17.5 Å². The fourth-order valence-corrected chi connectivity index (χ4v) is 2.98. The lowest BCUT2D eigenvalue weighted by Gasteiger charge is -2.25. The summed E-state index contributed by atoms with van der Waals surface area (Å²) in [6.07, 6.45) is 1.56. The van der Waals surface area contributed by atoms with Crippen LogP contribution in [0.15, 0.2) is 18.2 Å². The summed E-state index contributed by atoms with van der Waals surface area (Å²) in [7, 11) is 1.80. The lowest BCUT2D eigenvalue weighted by atomic mass is 9.98. The first-order valence-corrected chi connectivity index (χ1v) is 7.37. The van der Waals surface area contributed by atoms with Gasteiger partial charge in [0.2, 0.25) is 5.91 Å². The van der Waals surface area contributed by atoms with Crippen LogP contribution >= 0.6 is 0 Å². The van der Waals surface area contributed by atoms with Crippen LogP contribution in [0.3, 0.4) is 0 Å². The maximum atomic E-state index is 12.3. The molecule has 1 N–H and O–H groups in total. The maximum Gasteiger partial charge on any atom is 0.253 e. The number of ether oxygens (including phenoxy) is 1. The molecule has 5 nitrogen and oxygen atoms in total. The van der Waals surface area contributed by atoms with Crippen molar-refractivity contribution in [2.75, 3.05) is 25.5 Å². The summed E-state index contributed by atoms with van der Waals surface area (Å²) < 4.78 is 5.42. The first-order valence-electron chi connectivity index (χ1n) is 7.37. The first kappa shape index (κ1) is 14.1. The molecule has 0 radical (unpaired) electrons. The number of amides is 2. The quantitative estimate of drug-likeness (QED) is 0.900. The lowest BCUT2D eigenvalue weighted by Crippen LogP contribution is -2.34. The van der Waals surface area contributed by atoms with Crippen LogP contribution in [0.5, 0.6) is 0 Å². The summed E-state index contributed by atoms with van der Waals surface area (Å²) in [5, 5.41) is 2.91. The Kier molecular flexibility index (Phi) is 3.68. The molecule has 1 fully saturated rings. The second kappa shape index (κ2) is 5.48. The molecular formula is C16H20N2O3. The van der Waals surface area contributed by atoms with E-state index in [0.717, 1.165) is 24.9 Å². The molecule has 21 heavy (non-hydrogen) atoms. The van der Waals surface area contributed by atoms with Crippen LogP contribution in [0.25, 0.3) is 0 Å². The maximum absolute atomic E-state index is 12.3. The zero-order valence-corrected chi connectivity index (χ0v) is 12.4. The number of fused-ring (bicyclic) bond motifs is 1. The third-order valence-electron chi connectivity index (χ3n) is 4.38. The SMILES string of the molecule is CC1OCCC1C(=O)Nc1ccc2c(c1)C(=O)N(C)CC2. The molecule has 0 bridgehead atoms. The fourth-order valence-electron chi connectivity index (χ4n) is 2.98. The molecule has 2 heterocycles. The standard InChI is InChI=1S/C16H20N2O3/c1-10-13(6-8-21-10)15(19)17-12-4-3-11-5-7-18(2)16(20)14(11)9-12/h3-4,9-10,13H,5-8H2,1-2H3,(H,17,19). The van der Waals surface area contributed by atoms with Crippen LogP contribution in [0, 0.1) is 5.92 Å². The normalized spacial score (nSPS) is 24.9. The molecule has 2 atom stereocenters. The summed E-state index contributed by atoms with van der Waals surface area (Å²) >= 11 is 0. The molecule has 2 unspecified atom stereocenters. The number of likely N-dealkylation sites (N-methyl/N-ethyl adjacent to an activating group) is 1. The number of benzene rings is 1. The van der Waals surface area contributed by atoms with Crippen molar-refractivity contribution in [2.45, 2.75) is 25.9 Å². The van der Waals surface area contributed by atoms with E-state index >= 15 is 0 Å². The number of nitrogens with zero attached hydrogens (tertiary/aromatic N) is 1. The molecule has 2 aliphatic heterocycles. The molecule has 2 amide bonds.